The van der Waals surface area contributed by atoms with Crippen molar-refractivity contribution >= 4 is 17.1 Å². The fourth-order valence-electron chi connectivity index (χ4n) is 3.31. The van der Waals surface area contributed by atoms with Crippen LogP contribution in [0.3, 0.4) is 0 Å². The molecule has 26 heavy (non-hydrogen) atoms. The monoisotopic (exact) mass is 367 g/mol. The molecule has 1 unspecified atom stereocenters. The van der Waals surface area contributed by atoms with Crippen LogP contribution in [0.2, 0.25) is 0 Å². The SMILES string of the molecule is Cn1nccc1-c1cc(C(=O)CC(CN)C(C)(C)c2ccccc2)cs1. The molecule has 136 valence electrons. The highest BCUT2D eigenvalue weighted by atomic mass is 32.1. The van der Waals surface area contributed by atoms with E-state index in [1.54, 1.807) is 17.5 Å². The van der Waals surface area contributed by atoms with E-state index in [0.29, 0.717) is 13.0 Å². The molecule has 4 nitrogen and oxygen atoms in total. The van der Waals surface area contributed by atoms with Crippen LogP contribution in [0, 0.1) is 5.92 Å². The second kappa shape index (κ2) is 7.56. The maximum absolute atomic E-state index is 12.9. The summed E-state index contributed by atoms with van der Waals surface area (Å²) < 4.78 is 1.82. The van der Waals surface area contributed by atoms with Crippen molar-refractivity contribution in [3.63, 3.8) is 0 Å². The van der Waals surface area contributed by atoms with Gasteiger partial charge in [0.25, 0.3) is 0 Å². The fraction of sp³-hybridized carbons (Fsp3) is 0.333. The Morgan fingerprint density at radius 1 is 1.27 bits per heavy atom. The van der Waals surface area contributed by atoms with Crippen LogP contribution < -0.4 is 5.73 Å². The number of nitrogens with zero attached hydrogens (tertiary/aromatic N) is 2. The summed E-state index contributed by atoms with van der Waals surface area (Å²) in [6.45, 7) is 4.82. The van der Waals surface area contributed by atoms with Crippen molar-refractivity contribution in [2.75, 3.05) is 6.54 Å². The molecule has 0 amide bonds. The molecule has 3 aromatic rings. The van der Waals surface area contributed by atoms with Crippen LogP contribution in [0.4, 0.5) is 0 Å². The van der Waals surface area contributed by atoms with Crippen LogP contribution in [-0.4, -0.2) is 22.1 Å². The third-order valence-corrected chi connectivity index (χ3v) is 6.20. The summed E-state index contributed by atoms with van der Waals surface area (Å²) in [4.78, 5) is 13.9. The Kier molecular flexibility index (Phi) is 5.39. The minimum absolute atomic E-state index is 0.0810. The number of aryl methyl sites for hydroxylation is 1. The first-order valence-corrected chi connectivity index (χ1v) is 9.67. The van der Waals surface area contributed by atoms with Crippen molar-refractivity contribution in [3.8, 4) is 10.6 Å². The number of Topliss-reactive ketones (excluding diaryl/α,β-unsaturated/α-hetero) is 1. The van der Waals surface area contributed by atoms with Gasteiger partial charge in [-0.15, -0.1) is 11.3 Å². The molecule has 0 fully saturated rings. The van der Waals surface area contributed by atoms with Crippen molar-refractivity contribution in [2.24, 2.45) is 18.7 Å². The Hall–Kier alpha value is -2.24. The predicted molar refractivity (Wildman–Crippen MR) is 107 cm³/mol. The minimum atomic E-state index is -0.160. The Balaban J connectivity index is 1.78. The number of ketones is 1. The second-order valence-electron chi connectivity index (χ2n) is 7.19. The highest BCUT2D eigenvalue weighted by Crippen LogP contribution is 2.35. The van der Waals surface area contributed by atoms with E-state index in [9.17, 15) is 4.79 Å². The van der Waals surface area contributed by atoms with E-state index >= 15 is 0 Å². The third-order valence-electron chi connectivity index (χ3n) is 5.25. The lowest BCUT2D eigenvalue weighted by atomic mass is 9.71. The molecule has 5 heteroatoms. The van der Waals surface area contributed by atoms with Gasteiger partial charge in [-0.3, -0.25) is 9.48 Å². The molecule has 0 aliphatic heterocycles. The van der Waals surface area contributed by atoms with Crippen LogP contribution >= 0.6 is 11.3 Å². The summed E-state index contributed by atoms with van der Waals surface area (Å²) in [7, 11) is 1.91. The van der Waals surface area contributed by atoms with Gasteiger partial charge in [0.05, 0.1) is 10.6 Å². The van der Waals surface area contributed by atoms with Crippen molar-refractivity contribution in [2.45, 2.75) is 25.7 Å². The summed E-state index contributed by atoms with van der Waals surface area (Å²) in [6, 6.07) is 14.2. The van der Waals surface area contributed by atoms with Crippen LogP contribution in [0.15, 0.2) is 54.0 Å². The largest absolute Gasteiger partial charge is 0.330 e. The quantitative estimate of drug-likeness (QED) is 0.634. The van der Waals surface area contributed by atoms with Crippen molar-refractivity contribution in [3.05, 3.63) is 65.2 Å². The molecule has 3 rings (SSSR count). The number of benzene rings is 1. The average Bonchev–Trinajstić information content (AvgIpc) is 3.28. The molecule has 2 heterocycles. The molecule has 0 aliphatic carbocycles. The Bertz CT molecular complexity index is 880. The molecule has 1 aromatic carbocycles. The zero-order valence-electron chi connectivity index (χ0n) is 15.5. The molecule has 0 saturated heterocycles. The van der Waals surface area contributed by atoms with Crippen molar-refractivity contribution < 1.29 is 4.79 Å². The first-order chi connectivity index (χ1) is 12.4. The van der Waals surface area contributed by atoms with E-state index in [1.165, 1.54) is 5.56 Å². The molecule has 2 aromatic heterocycles. The second-order valence-corrected chi connectivity index (χ2v) is 8.10. The van der Waals surface area contributed by atoms with Gasteiger partial charge < -0.3 is 5.73 Å². The predicted octanol–water partition coefficient (Wildman–Crippen LogP) is 4.27. The summed E-state index contributed by atoms with van der Waals surface area (Å²) in [5.74, 6) is 0.228. The van der Waals surface area contributed by atoms with E-state index < -0.39 is 0 Å². The molecule has 0 bridgehead atoms. The summed E-state index contributed by atoms with van der Waals surface area (Å²) in [5.41, 5.74) is 8.90. The molecule has 0 radical (unpaired) electrons. The summed E-state index contributed by atoms with van der Waals surface area (Å²) >= 11 is 1.58. The molecular weight excluding hydrogens is 342 g/mol. The molecular formula is C21H25N3OS. The van der Waals surface area contributed by atoms with E-state index in [-0.39, 0.29) is 17.1 Å². The topological polar surface area (TPSA) is 60.9 Å². The zero-order chi connectivity index (χ0) is 18.7. The van der Waals surface area contributed by atoms with Crippen LogP contribution in [-0.2, 0) is 12.5 Å². The van der Waals surface area contributed by atoms with Gasteiger partial charge in [0, 0.05) is 30.6 Å². The average molecular weight is 368 g/mol. The maximum Gasteiger partial charge on any atom is 0.164 e. The van der Waals surface area contributed by atoms with Gasteiger partial charge in [-0.2, -0.15) is 5.10 Å². The lowest BCUT2D eigenvalue weighted by Crippen LogP contribution is -2.36. The van der Waals surface area contributed by atoms with Gasteiger partial charge >= 0.3 is 0 Å². The van der Waals surface area contributed by atoms with Crippen LogP contribution in [0.25, 0.3) is 10.6 Å². The van der Waals surface area contributed by atoms with Gasteiger partial charge in [0.2, 0.25) is 0 Å². The number of aromatic nitrogens is 2. The summed E-state index contributed by atoms with van der Waals surface area (Å²) in [5, 5.41) is 6.13. The lowest BCUT2D eigenvalue weighted by Gasteiger charge is -2.34. The number of carbonyl (C=O) groups excluding carboxylic acids is 1. The maximum atomic E-state index is 12.9. The van der Waals surface area contributed by atoms with E-state index in [1.807, 2.05) is 47.4 Å². The number of hydrogen-bond donors (Lipinski definition) is 1. The lowest BCUT2D eigenvalue weighted by molar-refractivity contribution is 0.0942. The first-order valence-electron chi connectivity index (χ1n) is 8.79. The highest BCUT2D eigenvalue weighted by molar-refractivity contribution is 7.13. The van der Waals surface area contributed by atoms with Crippen LogP contribution in [0.5, 0.6) is 0 Å². The Labute approximate surface area is 158 Å². The van der Waals surface area contributed by atoms with Crippen molar-refractivity contribution in [1.82, 2.24) is 9.78 Å². The van der Waals surface area contributed by atoms with Gasteiger partial charge in [0.15, 0.2) is 5.78 Å². The third kappa shape index (κ3) is 3.64. The Morgan fingerprint density at radius 3 is 2.62 bits per heavy atom. The highest BCUT2D eigenvalue weighted by Gasteiger charge is 2.32. The number of thiophene rings is 1. The fourth-order valence-corrected chi connectivity index (χ4v) is 4.28. The Morgan fingerprint density at radius 2 is 2.00 bits per heavy atom. The molecule has 0 saturated carbocycles. The minimum Gasteiger partial charge on any atom is -0.330 e. The molecule has 0 aliphatic rings. The normalized spacial score (nSPS) is 12.9. The molecule has 1 atom stereocenters. The molecule has 2 N–H and O–H groups in total. The summed E-state index contributed by atoms with van der Waals surface area (Å²) in [6.07, 6.45) is 2.21. The van der Waals surface area contributed by atoms with E-state index in [2.05, 4.69) is 31.1 Å². The van der Waals surface area contributed by atoms with E-state index in [0.717, 1.165) is 16.1 Å². The van der Waals surface area contributed by atoms with Gasteiger partial charge in [-0.05, 0) is 35.6 Å². The number of carbonyl (C=O) groups is 1. The van der Waals surface area contributed by atoms with Gasteiger partial charge in [-0.1, -0.05) is 44.2 Å². The number of nitrogens with two attached hydrogens (primary N) is 1. The standard InChI is InChI=1S/C21H25N3OS/c1-21(2,16-7-5-4-6-8-16)17(13-22)12-19(25)15-11-20(26-14-15)18-9-10-23-24(18)3/h4-11,14,17H,12-13,22H2,1-3H3. The zero-order valence-corrected chi connectivity index (χ0v) is 16.3. The van der Waals surface area contributed by atoms with Gasteiger partial charge in [-0.25, -0.2) is 0 Å². The smallest absolute Gasteiger partial charge is 0.164 e. The van der Waals surface area contributed by atoms with Crippen LogP contribution in [0.1, 0.15) is 36.2 Å². The number of hydrogen-bond acceptors (Lipinski definition) is 4. The number of rotatable bonds is 7. The first kappa shape index (κ1) is 18.5. The molecule has 0 spiro atoms. The van der Waals surface area contributed by atoms with E-state index in [4.69, 9.17) is 5.73 Å². The van der Waals surface area contributed by atoms with Gasteiger partial charge in [0.1, 0.15) is 0 Å². The van der Waals surface area contributed by atoms with Crippen molar-refractivity contribution in [1.29, 1.82) is 0 Å².